The Morgan fingerprint density at radius 3 is 2.74 bits per heavy atom. The zero-order valence-electron chi connectivity index (χ0n) is 14.2. The molecule has 8 nitrogen and oxygen atoms in total. The van der Waals surface area contributed by atoms with Crippen LogP contribution in [0.1, 0.15) is 5.56 Å². The summed E-state index contributed by atoms with van der Waals surface area (Å²) in [4.78, 5) is 24.7. The molecule has 0 radical (unpaired) electrons. The fraction of sp³-hybridized carbons (Fsp3) is 0.0556. The predicted molar refractivity (Wildman–Crippen MR) is 104 cm³/mol. The minimum absolute atomic E-state index is 0. The fourth-order valence-corrected chi connectivity index (χ4v) is 2.79. The van der Waals surface area contributed by atoms with E-state index in [0.29, 0.717) is 28.2 Å². The second kappa shape index (κ2) is 6.90. The lowest BCUT2D eigenvalue weighted by molar-refractivity contribution is 0.846. The number of rotatable bonds is 2. The van der Waals surface area contributed by atoms with Crippen LogP contribution in [-0.2, 0) is 7.05 Å². The van der Waals surface area contributed by atoms with Gasteiger partial charge in [-0.05, 0) is 18.2 Å². The number of benzene rings is 1. The summed E-state index contributed by atoms with van der Waals surface area (Å²) in [6.45, 7) is 0. The van der Waals surface area contributed by atoms with E-state index in [0.717, 1.165) is 5.56 Å². The van der Waals surface area contributed by atoms with E-state index in [1.54, 1.807) is 42.1 Å². The molecule has 0 fully saturated rings. The van der Waals surface area contributed by atoms with Gasteiger partial charge in [0.05, 0.1) is 17.3 Å². The van der Waals surface area contributed by atoms with Gasteiger partial charge in [-0.2, -0.15) is 5.26 Å². The summed E-state index contributed by atoms with van der Waals surface area (Å²) in [5, 5.41) is 9.19. The van der Waals surface area contributed by atoms with Crippen LogP contribution >= 0.6 is 12.4 Å². The maximum Gasteiger partial charge on any atom is 0.250 e. The number of fused-ring (bicyclic) bond motifs is 1. The number of aryl methyl sites for hydroxylation is 1. The van der Waals surface area contributed by atoms with Gasteiger partial charge in [0.25, 0.3) is 0 Å². The van der Waals surface area contributed by atoms with Gasteiger partial charge in [-0.15, -0.1) is 12.4 Å². The molecular weight excluding hydrogens is 366 g/mol. The highest BCUT2D eigenvalue weighted by Crippen LogP contribution is 2.29. The summed E-state index contributed by atoms with van der Waals surface area (Å²) in [5.74, 6) is 0.819. The summed E-state index contributed by atoms with van der Waals surface area (Å²) < 4.78 is 3.27. The molecule has 3 heterocycles. The molecule has 3 aromatic heterocycles. The lowest BCUT2D eigenvalue weighted by Crippen LogP contribution is -2.15. The number of pyridine rings is 1. The van der Waals surface area contributed by atoms with Gasteiger partial charge < -0.3 is 10.3 Å². The Labute approximate surface area is 160 Å². The summed E-state index contributed by atoms with van der Waals surface area (Å²) in [7, 11) is 1.67. The SMILES string of the molecule is Cl.Cn1cc(-n2c(-c3cccc(C#N)c3)nc3c(N)ncnc32)ccc1=O. The van der Waals surface area contributed by atoms with E-state index in [4.69, 9.17) is 5.73 Å². The number of nitrogens with two attached hydrogens (primary N) is 1. The highest BCUT2D eigenvalue weighted by atomic mass is 35.5. The quantitative estimate of drug-likeness (QED) is 0.570. The van der Waals surface area contributed by atoms with E-state index in [-0.39, 0.29) is 23.8 Å². The van der Waals surface area contributed by atoms with Crippen molar-refractivity contribution in [1.29, 1.82) is 5.26 Å². The second-order valence-corrected chi connectivity index (χ2v) is 5.73. The van der Waals surface area contributed by atoms with Gasteiger partial charge >= 0.3 is 0 Å². The normalized spacial score (nSPS) is 10.4. The topological polar surface area (TPSA) is 115 Å². The van der Waals surface area contributed by atoms with E-state index in [1.807, 2.05) is 6.07 Å². The lowest BCUT2D eigenvalue weighted by atomic mass is 10.1. The Bertz CT molecular complexity index is 1250. The molecule has 0 atom stereocenters. The van der Waals surface area contributed by atoms with Crippen molar-refractivity contribution in [2.45, 2.75) is 0 Å². The highest BCUT2D eigenvalue weighted by molar-refractivity contribution is 5.87. The first-order chi connectivity index (χ1) is 12.6. The number of halogens is 1. The summed E-state index contributed by atoms with van der Waals surface area (Å²) >= 11 is 0. The Balaban J connectivity index is 0.00000210. The van der Waals surface area contributed by atoms with Crippen molar-refractivity contribution in [3.8, 4) is 23.1 Å². The van der Waals surface area contributed by atoms with Crippen LogP contribution < -0.4 is 11.3 Å². The van der Waals surface area contributed by atoms with Crippen molar-refractivity contribution >= 4 is 29.4 Å². The summed E-state index contributed by atoms with van der Waals surface area (Å²) in [6, 6.07) is 12.4. The molecule has 0 saturated heterocycles. The molecule has 27 heavy (non-hydrogen) atoms. The predicted octanol–water partition coefficient (Wildman–Crippen LogP) is 2.06. The molecule has 4 aromatic rings. The zero-order valence-corrected chi connectivity index (χ0v) is 15.0. The third-order valence-electron chi connectivity index (χ3n) is 4.05. The fourth-order valence-electron chi connectivity index (χ4n) is 2.79. The molecule has 134 valence electrons. The number of aromatic nitrogens is 5. The molecular formula is C18H14ClN7O. The smallest absolute Gasteiger partial charge is 0.250 e. The minimum Gasteiger partial charge on any atom is -0.382 e. The number of nitrogens with zero attached hydrogens (tertiary/aromatic N) is 6. The van der Waals surface area contributed by atoms with Crippen LogP contribution in [0.5, 0.6) is 0 Å². The van der Waals surface area contributed by atoms with E-state index in [2.05, 4.69) is 21.0 Å². The number of imidazole rings is 1. The van der Waals surface area contributed by atoms with Gasteiger partial charge in [0.1, 0.15) is 12.2 Å². The molecule has 4 rings (SSSR count). The molecule has 1 aromatic carbocycles. The van der Waals surface area contributed by atoms with Crippen LogP contribution in [0.4, 0.5) is 5.82 Å². The zero-order chi connectivity index (χ0) is 18.3. The van der Waals surface area contributed by atoms with E-state index in [1.165, 1.54) is 17.0 Å². The van der Waals surface area contributed by atoms with Gasteiger partial charge in [-0.1, -0.05) is 12.1 Å². The Morgan fingerprint density at radius 1 is 1.19 bits per heavy atom. The molecule has 0 aliphatic rings. The number of hydrogen-bond acceptors (Lipinski definition) is 6. The maximum atomic E-state index is 11.8. The van der Waals surface area contributed by atoms with Crippen molar-refractivity contribution in [2.75, 3.05) is 5.73 Å². The van der Waals surface area contributed by atoms with Crippen molar-refractivity contribution in [1.82, 2.24) is 24.1 Å². The summed E-state index contributed by atoms with van der Waals surface area (Å²) in [6.07, 6.45) is 3.06. The van der Waals surface area contributed by atoms with Crippen LogP contribution in [0, 0.1) is 11.3 Å². The minimum atomic E-state index is -0.125. The first-order valence-electron chi connectivity index (χ1n) is 7.75. The third-order valence-corrected chi connectivity index (χ3v) is 4.05. The van der Waals surface area contributed by atoms with Crippen molar-refractivity contribution in [3.63, 3.8) is 0 Å². The van der Waals surface area contributed by atoms with Crippen LogP contribution in [0.25, 0.3) is 28.2 Å². The maximum absolute atomic E-state index is 11.8. The Kier molecular flexibility index (Phi) is 4.62. The third kappa shape index (κ3) is 3.01. The van der Waals surface area contributed by atoms with Gasteiger partial charge in [0.15, 0.2) is 17.0 Å². The molecule has 0 aliphatic carbocycles. The molecule has 0 spiro atoms. The van der Waals surface area contributed by atoms with Crippen molar-refractivity contribution in [2.24, 2.45) is 7.05 Å². The van der Waals surface area contributed by atoms with E-state index in [9.17, 15) is 10.1 Å². The highest BCUT2D eigenvalue weighted by Gasteiger charge is 2.18. The van der Waals surface area contributed by atoms with Crippen LogP contribution in [-0.4, -0.2) is 24.1 Å². The number of nitriles is 1. The second-order valence-electron chi connectivity index (χ2n) is 5.73. The van der Waals surface area contributed by atoms with E-state index < -0.39 is 0 Å². The van der Waals surface area contributed by atoms with E-state index >= 15 is 0 Å². The molecule has 0 bridgehead atoms. The number of nitrogen functional groups attached to an aromatic ring is 1. The lowest BCUT2D eigenvalue weighted by Gasteiger charge is -2.10. The summed E-state index contributed by atoms with van der Waals surface area (Å²) in [5.41, 5.74) is 8.77. The molecule has 0 amide bonds. The van der Waals surface area contributed by atoms with Gasteiger partial charge in [-0.25, -0.2) is 15.0 Å². The van der Waals surface area contributed by atoms with Crippen LogP contribution in [0.2, 0.25) is 0 Å². The van der Waals surface area contributed by atoms with Crippen LogP contribution in [0.15, 0.2) is 53.7 Å². The molecule has 0 saturated carbocycles. The largest absolute Gasteiger partial charge is 0.382 e. The molecule has 9 heteroatoms. The van der Waals surface area contributed by atoms with Gasteiger partial charge in [-0.3, -0.25) is 9.36 Å². The van der Waals surface area contributed by atoms with Gasteiger partial charge in [0.2, 0.25) is 5.56 Å². The molecule has 0 aliphatic heterocycles. The first-order valence-corrected chi connectivity index (χ1v) is 7.75. The standard InChI is InChI=1S/C18H13N7O.ClH/c1-24-9-13(5-6-14(24)26)25-17(12-4-2-3-11(7-12)8-19)23-15-16(20)21-10-22-18(15)25;/h2-7,9-10H,1H3,(H2,20,21,22);1H. The average Bonchev–Trinajstić information content (AvgIpc) is 3.05. The number of anilines is 1. The average molecular weight is 380 g/mol. The van der Waals surface area contributed by atoms with Crippen molar-refractivity contribution in [3.05, 3.63) is 64.8 Å². The molecule has 0 unspecified atom stereocenters. The monoisotopic (exact) mass is 379 g/mol. The first kappa shape index (κ1) is 18.1. The van der Waals surface area contributed by atoms with Crippen molar-refractivity contribution < 1.29 is 0 Å². The van der Waals surface area contributed by atoms with Crippen LogP contribution in [0.3, 0.4) is 0 Å². The van der Waals surface area contributed by atoms with Gasteiger partial charge in [0, 0.05) is 24.9 Å². The molecule has 2 N–H and O–H groups in total. The Morgan fingerprint density at radius 2 is 2.00 bits per heavy atom. The number of hydrogen-bond donors (Lipinski definition) is 1. The Hall–Kier alpha value is -3.70.